The van der Waals surface area contributed by atoms with E-state index in [2.05, 4.69) is 4.99 Å². The van der Waals surface area contributed by atoms with Gasteiger partial charge in [-0.1, -0.05) is 0 Å². The van der Waals surface area contributed by atoms with E-state index in [1.165, 1.54) is 0 Å². The Labute approximate surface area is 49.9 Å². The summed E-state index contributed by atoms with van der Waals surface area (Å²) in [5.41, 5.74) is 2.53. The molecule has 1 rings (SSSR count). The summed E-state index contributed by atoms with van der Waals surface area (Å²) < 4.78 is 0. The van der Waals surface area contributed by atoms with Gasteiger partial charge in [-0.2, -0.15) is 0 Å². The van der Waals surface area contributed by atoms with Gasteiger partial charge in [-0.3, -0.25) is 4.99 Å². The molecular weight excluding hydrogens is 122 g/mol. The molecule has 2 nitrogen and oxygen atoms in total. The predicted molar refractivity (Wildman–Crippen MR) is 35.5 cm³/mol. The van der Waals surface area contributed by atoms with Gasteiger partial charge in [0.1, 0.15) is 0 Å². The zero-order chi connectivity index (χ0) is 5.98. The first kappa shape index (κ1) is 5.48. The Morgan fingerprint density at radius 1 is 1.88 bits per heavy atom. The summed E-state index contributed by atoms with van der Waals surface area (Å²) in [4.78, 5) is 13.8. The fourth-order valence-electron chi connectivity index (χ4n) is 0.430. The van der Waals surface area contributed by atoms with Crippen molar-refractivity contribution in [2.45, 2.75) is 6.92 Å². The van der Waals surface area contributed by atoms with Crippen LogP contribution in [0.15, 0.2) is 16.1 Å². The van der Waals surface area contributed by atoms with Gasteiger partial charge in [-0.25, -0.2) is 4.79 Å². The van der Waals surface area contributed by atoms with Gasteiger partial charge in [-0.05, 0) is 17.4 Å². The first-order valence-electron chi connectivity index (χ1n) is 2.15. The van der Waals surface area contributed by atoms with Crippen LogP contribution in [0.3, 0.4) is 0 Å². The van der Waals surface area contributed by atoms with Crippen molar-refractivity contribution in [3.05, 3.63) is 11.1 Å². The van der Waals surface area contributed by atoms with Crippen molar-refractivity contribution in [2.24, 2.45) is 4.99 Å². The molecule has 0 bridgehead atoms. The van der Waals surface area contributed by atoms with Crippen molar-refractivity contribution >= 4 is 21.3 Å². The van der Waals surface area contributed by atoms with Gasteiger partial charge in [0.05, 0.1) is 5.55 Å². The summed E-state index contributed by atoms with van der Waals surface area (Å²) >= 11 is 0. The Morgan fingerprint density at radius 2 is 2.62 bits per heavy atom. The van der Waals surface area contributed by atoms with Gasteiger partial charge in [0.2, 0.25) is 0 Å². The van der Waals surface area contributed by atoms with E-state index < -0.39 is 10.5 Å². The lowest BCUT2D eigenvalue weighted by atomic mass is 10.6. The van der Waals surface area contributed by atoms with Crippen molar-refractivity contribution in [1.82, 2.24) is 0 Å². The minimum atomic E-state index is -0.424. The lowest BCUT2D eigenvalue weighted by Crippen LogP contribution is -1.53. The SMILES string of the molecule is CC1=CS(=C=O)C=N1. The minimum Gasteiger partial charge on any atom is -0.254 e. The quantitative estimate of drug-likeness (QED) is 0.450. The second-order valence-corrected chi connectivity index (χ2v) is 2.81. The molecule has 0 N–H and O–H groups in total. The van der Waals surface area contributed by atoms with Crippen LogP contribution in [0, 0.1) is 0 Å². The van der Waals surface area contributed by atoms with Crippen LogP contribution < -0.4 is 0 Å². The van der Waals surface area contributed by atoms with E-state index in [-0.39, 0.29) is 0 Å². The Hall–Kier alpha value is -0.660. The highest BCUT2D eigenvalue weighted by Crippen LogP contribution is 2.18. The summed E-state index contributed by atoms with van der Waals surface area (Å²) in [6.45, 7) is 1.86. The van der Waals surface area contributed by atoms with Crippen LogP contribution in [0.4, 0.5) is 0 Å². The highest BCUT2D eigenvalue weighted by atomic mass is 32.2. The Kier molecular flexibility index (Phi) is 1.42. The molecule has 0 amide bonds. The third-order valence-corrected chi connectivity index (χ3v) is 1.88. The molecule has 0 spiro atoms. The highest BCUT2D eigenvalue weighted by molar-refractivity contribution is 8.28. The molecule has 3 heteroatoms. The van der Waals surface area contributed by atoms with Gasteiger partial charge in [0, 0.05) is 11.1 Å². The zero-order valence-corrected chi connectivity index (χ0v) is 5.23. The van der Waals surface area contributed by atoms with Gasteiger partial charge in [-0.15, -0.1) is 0 Å². The summed E-state index contributed by atoms with van der Waals surface area (Å²) in [6.07, 6.45) is 0. The maximum Gasteiger partial charge on any atom is 0.165 e. The largest absolute Gasteiger partial charge is 0.254 e. The Bertz CT molecular complexity index is 210. The zero-order valence-electron chi connectivity index (χ0n) is 4.42. The molecule has 1 atom stereocenters. The first-order chi connectivity index (χ1) is 3.83. The Balaban J connectivity index is 3.01. The van der Waals surface area contributed by atoms with Crippen LogP contribution in [0.25, 0.3) is 0 Å². The third kappa shape index (κ3) is 0.941. The topological polar surface area (TPSA) is 29.4 Å². The standard InChI is InChI=1S/C5H5NOS/c1-5-2-8(4-7)3-6-5/h2-3H,1H3. The van der Waals surface area contributed by atoms with E-state index in [1.54, 1.807) is 11.0 Å². The first-order valence-corrected chi connectivity index (χ1v) is 3.50. The fourth-order valence-corrected chi connectivity index (χ4v) is 1.29. The van der Waals surface area contributed by atoms with E-state index in [0.717, 1.165) is 5.70 Å². The third-order valence-electron chi connectivity index (χ3n) is 0.764. The second kappa shape index (κ2) is 2.07. The number of allylic oxidation sites excluding steroid dienone is 1. The number of nitrogens with zero attached hydrogens (tertiary/aromatic N) is 1. The van der Waals surface area contributed by atoms with E-state index in [0.29, 0.717) is 0 Å². The summed E-state index contributed by atoms with van der Waals surface area (Å²) in [5.74, 6) is 0. The van der Waals surface area contributed by atoms with Crippen molar-refractivity contribution in [3.63, 3.8) is 0 Å². The van der Waals surface area contributed by atoms with Crippen LogP contribution in [-0.2, 0) is 4.79 Å². The summed E-state index contributed by atoms with van der Waals surface area (Å²) in [7, 11) is -0.424. The van der Waals surface area contributed by atoms with Crippen LogP contribution in [0.5, 0.6) is 0 Å². The van der Waals surface area contributed by atoms with E-state index in [4.69, 9.17) is 0 Å². The molecular formula is C5H5NOS. The molecule has 1 unspecified atom stereocenters. The van der Waals surface area contributed by atoms with Crippen molar-refractivity contribution in [3.8, 4) is 0 Å². The van der Waals surface area contributed by atoms with Crippen LogP contribution in [0.1, 0.15) is 6.92 Å². The monoisotopic (exact) mass is 127 g/mol. The molecule has 0 saturated heterocycles. The van der Waals surface area contributed by atoms with Crippen LogP contribution in [0.2, 0.25) is 0 Å². The maximum atomic E-state index is 9.90. The van der Waals surface area contributed by atoms with Crippen molar-refractivity contribution < 1.29 is 4.79 Å². The molecule has 0 aromatic heterocycles. The van der Waals surface area contributed by atoms with E-state index in [9.17, 15) is 4.79 Å². The molecule has 1 aliphatic rings. The number of rotatable bonds is 0. The molecule has 42 valence electrons. The van der Waals surface area contributed by atoms with Gasteiger partial charge < -0.3 is 0 Å². The number of hydrogen-bond acceptors (Lipinski definition) is 2. The minimum absolute atomic E-state index is 0.424. The molecule has 0 aromatic carbocycles. The summed E-state index contributed by atoms with van der Waals surface area (Å²) in [6, 6.07) is 0. The predicted octanol–water partition coefficient (Wildman–Crippen LogP) is 1.23. The lowest BCUT2D eigenvalue weighted by molar-refractivity contribution is 0.572. The Morgan fingerprint density at radius 3 is 2.88 bits per heavy atom. The lowest BCUT2D eigenvalue weighted by Gasteiger charge is -1.73. The maximum absolute atomic E-state index is 9.90. The second-order valence-electron chi connectivity index (χ2n) is 1.45. The average molecular weight is 127 g/mol. The molecule has 0 radical (unpaired) electrons. The molecule has 8 heavy (non-hydrogen) atoms. The van der Waals surface area contributed by atoms with Crippen LogP contribution in [-0.4, -0.2) is 10.8 Å². The number of aliphatic imine (C=N–C) groups is 1. The molecule has 1 aliphatic heterocycles. The highest BCUT2D eigenvalue weighted by Gasteiger charge is 1.94. The molecule has 1 heterocycles. The molecule has 0 aromatic rings. The molecule has 0 fully saturated rings. The van der Waals surface area contributed by atoms with Crippen molar-refractivity contribution in [1.29, 1.82) is 0 Å². The summed E-state index contributed by atoms with van der Waals surface area (Å²) in [5, 5.41) is 3.64. The van der Waals surface area contributed by atoms with E-state index in [1.807, 2.05) is 12.2 Å². The van der Waals surface area contributed by atoms with Gasteiger partial charge in [0.25, 0.3) is 0 Å². The average Bonchev–Trinajstić information content (AvgIpc) is 2.14. The fraction of sp³-hybridized carbons (Fsp3) is 0.200. The van der Waals surface area contributed by atoms with Gasteiger partial charge in [0.15, 0.2) is 5.23 Å². The number of carbonyl (C=O) groups excluding carboxylic acids is 1. The smallest absolute Gasteiger partial charge is 0.165 e. The normalized spacial score (nSPS) is 25.1. The molecule has 0 aliphatic carbocycles. The van der Waals surface area contributed by atoms with E-state index >= 15 is 0 Å². The molecule has 0 saturated carbocycles. The van der Waals surface area contributed by atoms with Crippen LogP contribution >= 0.6 is 10.5 Å². The number of hydrogen-bond donors (Lipinski definition) is 0. The van der Waals surface area contributed by atoms with Crippen molar-refractivity contribution in [2.75, 3.05) is 0 Å². The van der Waals surface area contributed by atoms with Gasteiger partial charge >= 0.3 is 0 Å².